The number of fused-ring (bicyclic) bond motifs is 1. The molecule has 3 rings (SSSR count). The quantitative estimate of drug-likeness (QED) is 0.835. The molecule has 116 valence electrons. The number of hydrogen-bond acceptors (Lipinski definition) is 5. The fraction of sp³-hybridized carbons (Fsp3) is 0.571. The van der Waals surface area contributed by atoms with Gasteiger partial charge in [0, 0.05) is 31.9 Å². The number of benzene rings is 1. The normalized spacial score (nSPS) is 22.8. The number of likely N-dealkylation sites (N-methyl/N-ethyl adjacent to an activating group) is 1. The Labute approximate surface area is 125 Å². The third kappa shape index (κ3) is 3.37. The molecule has 7 heteroatoms. The van der Waals surface area contributed by atoms with Crippen molar-refractivity contribution in [1.82, 2.24) is 9.62 Å². The minimum absolute atomic E-state index is 0.0916. The van der Waals surface area contributed by atoms with E-state index in [1.807, 2.05) is 13.1 Å². The Bertz CT molecular complexity index is 618. The Morgan fingerprint density at radius 3 is 3.14 bits per heavy atom. The van der Waals surface area contributed by atoms with Gasteiger partial charge < -0.3 is 15.0 Å². The van der Waals surface area contributed by atoms with E-state index in [9.17, 15) is 8.42 Å². The first-order valence-electron chi connectivity index (χ1n) is 7.21. The molecule has 0 aliphatic carbocycles. The highest BCUT2D eigenvalue weighted by Gasteiger charge is 2.22. The monoisotopic (exact) mass is 311 g/mol. The van der Waals surface area contributed by atoms with Gasteiger partial charge in [-0.05, 0) is 31.2 Å². The summed E-state index contributed by atoms with van der Waals surface area (Å²) in [6.07, 6.45) is 0.858. The highest BCUT2D eigenvalue weighted by atomic mass is 32.2. The molecule has 0 aromatic heterocycles. The molecule has 1 saturated heterocycles. The Morgan fingerprint density at radius 1 is 1.48 bits per heavy atom. The maximum atomic E-state index is 12.3. The van der Waals surface area contributed by atoms with Gasteiger partial charge in [-0.1, -0.05) is 6.07 Å². The lowest BCUT2D eigenvalue weighted by Crippen LogP contribution is -2.45. The minimum atomic E-state index is -3.49. The predicted octanol–water partition coefficient (Wildman–Crippen LogP) is 0.264. The number of hydrogen-bond donors (Lipinski definition) is 2. The topological polar surface area (TPSA) is 70.7 Å². The zero-order chi connectivity index (χ0) is 14.9. The van der Waals surface area contributed by atoms with E-state index in [-0.39, 0.29) is 6.10 Å². The van der Waals surface area contributed by atoms with Crippen molar-refractivity contribution >= 4 is 15.7 Å². The van der Waals surface area contributed by atoms with Gasteiger partial charge in [0.05, 0.1) is 17.6 Å². The van der Waals surface area contributed by atoms with Crippen molar-refractivity contribution in [3.8, 4) is 0 Å². The van der Waals surface area contributed by atoms with Crippen LogP contribution in [0.4, 0.5) is 5.69 Å². The van der Waals surface area contributed by atoms with Crippen molar-refractivity contribution in [3.63, 3.8) is 0 Å². The van der Waals surface area contributed by atoms with Gasteiger partial charge in [0.1, 0.15) is 0 Å². The van der Waals surface area contributed by atoms with Crippen molar-refractivity contribution in [3.05, 3.63) is 23.8 Å². The van der Waals surface area contributed by atoms with Crippen LogP contribution >= 0.6 is 0 Å². The van der Waals surface area contributed by atoms with Crippen molar-refractivity contribution in [2.24, 2.45) is 0 Å². The van der Waals surface area contributed by atoms with Crippen LogP contribution < -0.4 is 10.0 Å². The number of ether oxygens (including phenoxy) is 1. The van der Waals surface area contributed by atoms with Gasteiger partial charge in [-0.2, -0.15) is 0 Å². The third-order valence-corrected chi connectivity index (χ3v) is 5.37. The van der Waals surface area contributed by atoms with E-state index in [0.717, 1.165) is 31.7 Å². The van der Waals surface area contributed by atoms with Gasteiger partial charge >= 0.3 is 0 Å². The largest absolute Gasteiger partial charge is 0.384 e. The summed E-state index contributed by atoms with van der Waals surface area (Å²) in [7, 11) is -1.48. The second-order valence-electron chi connectivity index (χ2n) is 5.60. The first-order chi connectivity index (χ1) is 10.0. The number of nitrogens with one attached hydrogen (secondary N) is 2. The molecule has 1 atom stereocenters. The molecule has 0 amide bonds. The lowest BCUT2D eigenvalue weighted by atomic mass is 10.2. The SMILES string of the molecule is CN1CCOC(CNS(=O)(=O)c2ccc3c(c2)NCC3)C1. The van der Waals surface area contributed by atoms with Crippen molar-refractivity contribution in [2.75, 3.05) is 45.2 Å². The fourth-order valence-electron chi connectivity index (χ4n) is 2.71. The number of sulfonamides is 1. The van der Waals surface area contributed by atoms with Crippen LogP contribution in [0.3, 0.4) is 0 Å². The molecule has 2 aliphatic heterocycles. The fourth-order valence-corrected chi connectivity index (χ4v) is 3.81. The van der Waals surface area contributed by atoms with Crippen molar-refractivity contribution in [2.45, 2.75) is 17.4 Å². The van der Waals surface area contributed by atoms with E-state index in [0.29, 0.717) is 18.0 Å². The smallest absolute Gasteiger partial charge is 0.240 e. The summed E-state index contributed by atoms with van der Waals surface area (Å²) in [5.41, 5.74) is 2.10. The standard InChI is InChI=1S/C14H21N3O3S/c1-17-6-7-20-12(10-17)9-16-21(18,19)13-3-2-11-4-5-15-14(11)8-13/h2-3,8,12,15-16H,4-7,9-10H2,1H3. The summed E-state index contributed by atoms with van der Waals surface area (Å²) in [5, 5.41) is 3.20. The summed E-state index contributed by atoms with van der Waals surface area (Å²) in [4.78, 5) is 2.45. The summed E-state index contributed by atoms with van der Waals surface area (Å²) in [6, 6.07) is 5.26. The van der Waals surface area contributed by atoms with E-state index in [2.05, 4.69) is 14.9 Å². The Morgan fingerprint density at radius 2 is 2.33 bits per heavy atom. The van der Waals surface area contributed by atoms with Gasteiger partial charge in [-0.3, -0.25) is 0 Å². The summed E-state index contributed by atoms with van der Waals surface area (Å²) in [5.74, 6) is 0. The molecule has 6 nitrogen and oxygen atoms in total. The lowest BCUT2D eigenvalue weighted by molar-refractivity contribution is -0.0156. The Balaban J connectivity index is 1.66. The second kappa shape index (κ2) is 5.92. The molecule has 21 heavy (non-hydrogen) atoms. The molecule has 1 fully saturated rings. The number of morpholine rings is 1. The van der Waals surface area contributed by atoms with Gasteiger partial charge in [0.25, 0.3) is 0 Å². The minimum Gasteiger partial charge on any atom is -0.384 e. The summed E-state index contributed by atoms with van der Waals surface area (Å²) in [6.45, 7) is 3.45. The molecular formula is C14H21N3O3S. The molecule has 2 heterocycles. The predicted molar refractivity (Wildman–Crippen MR) is 81.1 cm³/mol. The van der Waals surface area contributed by atoms with Crippen LogP contribution in [0.5, 0.6) is 0 Å². The molecule has 1 unspecified atom stereocenters. The van der Waals surface area contributed by atoms with Crippen LogP contribution in [-0.4, -0.2) is 59.3 Å². The average molecular weight is 311 g/mol. The molecule has 1 aromatic carbocycles. The first kappa shape index (κ1) is 14.8. The second-order valence-corrected chi connectivity index (χ2v) is 7.37. The third-order valence-electron chi connectivity index (χ3n) is 3.94. The van der Waals surface area contributed by atoms with Gasteiger partial charge in [0.2, 0.25) is 10.0 Å². The van der Waals surface area contributed by atoms with Crippen LogP contribution in [0.1, 0.15) is 5.56 Å². The number of rotatable bonds is 4. The molecule has 0 radical (unpaired) electrons. The van der Waals surface area contributed by atoms with Crippen LogP contribution in [0.15, 0.2) is 23.1 Å². The van der Waals surface area contributed by atoms with Crippen LogP contribution in [0.2, 0.25) is 0 Å². The van der Waals surface area contributed by atoms with Crippen molar-refractivity contribution < 1.29 is 13.2 Å². The van der Waals surface area contributed by atoms with Crippen LogP contribution in [-0.2, 0) is 21.2 Å². The maximum Gasteiger partial charge on any atom is 0.240 e. The van der Waals surface area contributed by atoms with Crippen molar-refractivity contribution in [1.29, 1.82) is 0 Å². The maximum absolute atomic E-state index is 12.3. The summed E-state index contributed by atoms with van der Waals surface area (Å²) < 4.78 is 32.9. The molecular weight excluding hydrogens is 290 g/mol. The van der Waals surface area contributed by atoms with E-state index >= 15 is 0 Å². The zero-order valence-corrected chi connectivity index (χ0v) is 12.9. The van der Waals surface area contributed by atoms with E-state index < -0.39 is 10.0 Å². The molecule has 2 N–H and O–H groups in total. The van der Waals surface area contributed by atoms with Crippen LogP contribution in [0, 0.1) is 0 Å². The van der Waals surface area contributed by atoms with Gasteiger partial charge in [-0.15, -0.1) is 0 Å². The van der Waals surface area contributed by atoms with E-state index in [4.69, 9.17) is 4.74 Å². The lowest BCUT2D eigenvalue weighted by Gasteiger charge is -2.30. The number of anilines is 1. The number of nitrogens with zero attached hydrogens (tertiary/aromatic N) is 1. The Hall–Kier alpha value is -1.15. The van der Waals surface area contributed by atoms with E-state index in [1.165, 1.54) is 5.56 Å². The Kier molecular flexibility index (Phi) is 4.17. The summed E-state index contributed by atoms with van der Waals surface area (Å²) >= 11 is 0. The molecule has 0 spiro atoms. The molecule has 0 saturated carbocycles. The average Bonchev–Trinajstić information content (AvgIpc) is 2.93. The molecule has 2 aliphatic rings. The van der Waals surface area contributed by atoms with Gasteiger partial charge in [-0.25, -0.2) is 13.1 Å². The first-order valence-corrected chi connectivity index (χ1v) is 8.69. The highest BCUT2D eigenvalue weighted by molar-refractivity contribution is 7.89. The van der Waals surface area contributed by atoms with Gasteiger partial charge in [0.15, 0.2) is 0 Å². The highest BCUT2D eigenvalue weighted by Crippen LogP contribution is 2.25. The zero-order valence-electron chi connectivity index (χ0n) is 12.1. The van der Waals surface area contributed by atoms with Crippen LogP contribution in [0.25, 0.3) is 0 Å². The molecule has 0 bridgehead atoms. The van der Waals surface area contributed by atoms with E-state index in [1.54, 1.807) is 12.1 Å². The molecule has 1 aromatic rings.